The number of aliphatic hydroxyl groups is 1. The van der Waals surface area contributed by atoms with Crippen LogP contribution in [-0.2, 0) is 13.2 Å². The summed E-state index contributed by atoms with van der Waals surface area (Å²) in [6.07, 6.45) is -2.63. The predicted octanol–water partition coefficient (Wildman–Crippen LogP) is 0.970. The van der Waals surface area contributed by atoms with Gasteiger partial charge in [-0.2, -0.15) is 0 Å². The highest BCUT2D eigenvalue weighted by Crippen LogP contribution is 2.18. The van der Waals surface area contributed by atoms with Gasteiger partial charge in [-0.25, -0.2) is 13.8 Å². The van der Waals surface area contributed by atoms with Crippen molar-refractivity contribution in [2.45, 2.75) is 19.6 Å². The third kappa shape index (κ3) is 2.43. The smallest absolute Gasteiger partial charge is 0.280 e. The number of hydrogen-bond donors (Lipinski definition) is 2. The van der Waals surface area contributed by atoms with Crippen molar-refractivity contribution >= 4 is 0 Å². The molecule has 0 saturated carbocycles. The average Bonchev–Trinajstić information content (AvgIpc) is 2.16. The molecule has 72 valence electrons. The molecule has 0 bridgehead atoms. The Bertz CT molecular complexity index is 269. The minimum absolute atomic E-state index is 0.162. The molecule has 3 nitrogen and oxygen atoms in total. The molecule has 0 fully saturated rings. The number of hydrogen-bond acceptors (Lipinski definition) is 3. The Morgan fingerprint density at radius 3 is 2.62 bits per heavy atom. The van der Waals surface area contributed by atoms with Gasteiger partial charge in [-0.15, -0.1) is 0 Å². The highest BCUT2D eigenvalue weighted by atomic mass is 19.3. The number of aliphatic hydroxyl groups excluding tert-OH is 1. The van der Waals surface area contributed by atoms with Crippen molar-refractivity contribution < 1.29 is 13.9 Å². The Kier molecular flexibility index (Phi) is 3.27. The van der Waals surface area contributed by atoms with E-state index in [1.54, 1.807) is 0 Å². The van der Waals surface area contributed by atoms with Crippen LogP contribution in [-0.4, -0.2) is 10.1 Å². The van der Waals surface area contributed by atoms with Crippen molar-refractivity contribution in [1.82, 2.24) is 4.98 Å². The van der Waals surface area contributed by atoms with E-state index in [0.717, 1.165) is 0 Å². The Morgan fingerprint density at radius 2 is 2.15 bits per heavy atom. The molecular weight excluding hydrogens is 178 g/mol. The number of alkyl halides is 2. The summed E-state index contributed by atoms with van der Waals surface area (Å²) < 4.78 is 24.4. The zero-order chi connectivity index (χ0) is 9.84. The molecule has 5 heteroatoms. The average molecular weight is 188 g/mol. The summed E-state index contributed by atoms with van der Waals surface area (Å²) >= 11 is 0. The molecular formula is C8H10F2N2O. The summed E-state index contributed by atoms with van der Waals surface area (Å²) in [5.74, 6) is 0. The standard InChI is InChI=1S/C8H10F2N2O/c9-8(10)7-2-5(3-11)1-6(4-13)12-7/h1-2,8,13H,3-4,11H2. The van der Waals surface area contributed by atoms with Crippen LogP contribution in [0, 0.1) is 0 Å². The third-order valence-corrected chi connectivity index (χ3v) is 1.58. The second-order valence-electron chi connectivity index (χ2n) is 2.55. The first-order valence-corrected chi connectivity index (χ1v) is 3.76. The molecule has 0 aliphatic rings. The lowest BCUT2D eigenvalue weighted by Gasteiger charge is -2.04. The van der Waals surface area contributed by atoms with E-state index in [-0.39, 0.29) is 24.5 Å². The summed E-state index contributed by atoms with van der Waals surface area (Å²) in [5, 5.41) is 8.72. The van der Waals surface area contributed by atoms with Crippen molar-refractivity contribution in [3.63, 3.8) is 0 Å². The Morgan fingerprint density at radius 1 is 1.46 bits per heavy atom. The van der Waals surface area contributed by atoms with Crippen LogP contribution in [0.2, 0.25) is 0 Å². The molecule has 0 aliphatic carbocycles. The maximum absolute atomic E-state index is 12.2. The quantitative estimate of drug-likeness (QED) is 0.743. The van der Waals surface area contributed by atoms with E-state index >= 15 is 0 Å². The molecule has 1 heterocycles. The van der Waals surface area contributed by atoms with E-state index in [9.17, 15) is 8.78 Å². The van der Waals surface area contributed by atoms with E-state index in [1.807, 2.05) is 0 Å². The minimum Gasteiger partial charge on any atom is -0.390 e. The van der Waals surface area contributed by atoms with Gasteiger partial charge >= 0.3 is 0 Å². The third-order valence-electron chi connectivity index (χ3n) is 1.58. The van der Waals surface area contributed by atoms with Crippen LogP contribution in [0.5, 0.6) is 0 Å². The molecule has 0 radical (unpaired) electrons. The molecule has 1 aromatic rings. The van der Waals surface area contributed by atoms with Gasteiger partial charge in [0.05, 0.1) is 12.3 Å². The van der Waals surface area contributed by atoms with Gasteiger partial charge in [0.2, 0.25) is 0 Å². The fourth-order valence-electron chi connectivity index (χ4n) is 0.987. The zero-order valence-corrected chi connectivity index (χ0v) is 6.87. The monoisotopic (exact) mass is 188 g/mol. The van der Waals surface area contributed by atoms with Gasteiger partial charge < -0.3 is 10.8 Å². The molecule has 0 amide bonds. The number of pyridine rings is 1. The summed E-state index contributed by atoms with van der Waals surface area (Å²) in [6.45, 7) is -0.192. The highest BCUT2D eigenvalue weighted by molar-refractivity contribution is 5.21. The molecule has 0 spiro atoms. The Labute approximate surface area is 74.2 Å². The van der Waals surface area contributed by atoms with Crippen LogP contribution < -0.4 is 5.73 Å². The highest BCUT2D eigenvalue weighted by Gasteiger charge is 2.10. The Hall–Kier alpha value is -1.07. The fourth-order valence-corrected chi connectivity index (χ4v) is 0.987. The van der Waals surface area contributed by atoms with E-state index in [0.29, 0.717) is 5.56 Å². The molecule has 0 saturated heterocycles. The minimum atomic E-state index is -2.63. The maximum Gasteiger partial charge on any atom is 0.280 e. The number of rotatable bonds is 3. The molecule has 13 heavy (non-hydrogen) atoms. The molecule has 0 atom stereocenters. The van der Waals surface area contributed by atoms with Gasteiger partial charge in [0.15, 0.2) is 0 Å². The van der Waals surface area contributed by atoms with Gasteiger partial charge in [0.1, 0.15) is 5.69 Å². The zero-order valence-electron chi connectivity index (χ0n) is 6.87. The van der Waals surface area contributed by atoms with Gasteiger partial charge in [-0.1, -0.05) is 0 Å². The van der Waals surface area contributed by atoms with Crippen LogP contribution in [0.25, 0.3) is 0 Å². The fraction of sp³-hybridized carbons (Fsp3) is 0.375. The summed E-state index contributed by atoms with van der Waals surface area (Å²) in [4.78, 5) is 3.54. The SMILES string of the molecule is NCc1cc(CO)nc(C(F)F)c1. The van der Waals surface area contributed by atoms with E-state index in [1.165, 1.54) is 12.1 Å². The van der Waals surface area contributed by atoms with Crippen LogP contribution in [0.1, 0.15) is 23.4 Å². The molecule has 3 N–H and O–H groups in total. The Balaban J connectivity index is 3.07. The van der Waals surface area contributed by atoms with E-state index in [2.05, 4.69) is 4.98 Å². The number of halogens is 2. The van der Waals surface area contributed by atoms with E-state index < -0.39 is 6.43 Å². The van der Waals surface area contributed by atoms with Gasteiger partial charge in [0.25, 0.3) is 6.43 Å². The second kappa shape index (κ2) is 4.25. The van der Waals surface area contributed by atoms with Crippen molar-refractivity contribution in [3.8, 4) is 0 Å². The number of nitrogens with zero attached hydrogens (tertiary/aromatic N) is 1. The summed E-state index contributed by atoms with van der Waals surface area (Å²) in [6, 6.07) is 2.75. The van der Waals surface area contributed by atoms with Crippen LogP contribution in [0.15, 0.2) is 12.1 Å². The summed E-state index contributed by atoms with van der Waals surface area (Å²) in [7, 11) is 0. The van der Waals surface area contributed by atoms with Crippen molar-refractivity contribution in [1.29, 1.82) is 0 Å². The molecule has 0 aliphatic heterocycles. The number of aromatic nitrogens is 1. The van der Waals surface area contributed by atoms with Crippen LogP contribution in [0.3, 0.4) is 0 Å². The van der Waals surface area contributed by atoms with Gasteiger partial charge in [-0.05, 0) is 17.7 Å². The lowest BCUT2D eigenvalue weighted by Crippen LogP contribution is -2.03. The lowest BCUT2D eigenvalue weighted by molar-refractivity contribution is 0.145. The summed E-state index contributed by atoms with van der Waals surface area (Å²) in [5.41, 5.74) is 5.72. The largest absolute Gasteiger partial charge is 0.390 e. The first kappa shape index (κ1) is 10.0. The molecule has 1 rings (SSSR count). The molecule has 1 aromatic heterocycles. The predicted molar refractivity (Wildman–Crippen MR) is 43.0 cm³/mol. The molecule has 0 aromatic carbocycles. The first-order chi connectivity index (χ1) is 6.17. The lowest BCUT2D eigenvalue weighted by atomic mass is 10.2. The van der Waals surface area contributed by atoms with Crippen LogP contribution in [0.4, 0.5) is 8.78 Å². The topological polar surface area (TPSA) is 59.1 Å². The van der Waals surface area contributed by atoms with Crippen molar-refractivity contribution in [3.05, 3.63) is 29.1 Å². The van der Waals surface area contributed by atoms with Gasteiger partial charge in [-0.3, -0.25) is 0 Å². The second-order valence-corrected chi connectivity index (χ2v) is 2.55. The van der Waals surface area contributed by atoms with Crippen molar-refractivity contribution in [2.75, 3.05) is 0 Å². The van der Waals surface area contributed by atoms with Crippen molar-refractivity contribution in [2.24, 2.45) is 5.73 Å². The van der Waals surface area contributed by atoms with Crippen LogP contribution >= 0.6 is 0 Å². The van der Waals surface area contributed by atoms with E-state index in [4.69, 9.17) is 10.8 Å². The molecule has 0 unspecified atom stereocenters. The first-order valence-electron chi connectivity index (χ1n) is 3.76. The normalized spacial score (nSPS) is 10.8. The number of nitrogens with two attached hydrogens (primary N) is 1. The maximum atomic E-state index is 12.2. The van der Waals surface area contributed by atoms with Gasteiger partial charge in [0, 0.05) is 6.54 Å².